The Morgan fingerprint density at radius 3 is 2.93 bits per heavy atom. The first-order chi connectivity index (χ1) is 7.33. The van der Waals surface area contributed by atoms with Gasteiger partial charge in [-0.15, -0.1) is 11.3 Å². The van der Waals surface area contributed by atoms with Gasteiger partial charge in [-0.3, -0.25) is 0 Å². The van der Waals surface area contributed by atoms with Gasteiger partial charge < -0.3 is 5.32 Å². The highest BCUT2D eigenvalue weighted by atomic mass is 35.5. The molecule has 0 spiro atoms. The van der Waals surface area contributed by atoms with Gasteiger partial charge >= 0.3 is 0 Å². The molecule has 3 heteroatoms. The molecule has 1 N–H and O–H groups in total. The van der Waals surface area contributed by atoms with Crippen LogP contribution in [0.4, 0.5) is 0 Å². The zero-order valence-electron chi connectivity index (χ0n) is 9.13. The van der Waals surface area contributed by atoms with Crippen LogP contribution in [0.3, 0.4) is 0 Å². The molecular weight excluding hydrogens is 226 g/mol. The van der Waals surface area contributed by atoms with Crippen LogP contribution in [0.25, 0.3) is 0 Å². The Labute approximate surface area is 101 Å². The number of hydrogen-bond acceptors (Lipinski definition) is 2. The lowest BCUT2D eigenvalue weighted by molar-refractivity contribution is 0.304. The highest BCUT2D eigenvalue weighted by Crippen LogP contribution is 2.42. The maximum atomic E-state index is 6.23. The maximum absolute atomic E-state index is 6.23. The molecule has 1 heterocycles. The van der Waals surface area contributed by atoms with Crippen LogP contribution in [-0.2, 0) is 0 Å². The summed E-state index contributed by atoms with van der Waals surface area (Å²) in [5.74, 6) is 1.47. The van der Waals surface area contributed by atoms with E-state index in [-0.39, 0.29) is 0 Å². The van der Waals surface area contributed by atoms with Gasteiger partial charge in [0, 0.05) is 4.88 Å². The van der Waals surface area contributed by atoms with Crippen molar-refractivity contribution in [2.45, 2.75) is 31.6 Å². The Morgan fingerprint density at radius 1 is 1.47 bits per heavy atom. The van der Waals surface area contributed by atoms with Gasteiger partial charge in [0.05, 0.1) is 5.02 Å². The smallest absolute Gasteiger partial charge is 0.0547 e. The average molecular weight is 244 g/mol. The van der Waals surface area contributed by atoms with Crippen LogP contribution in [-0.4, -0.2) is 13.6 Å². The number of nitrogens with one attached hydrogen (secondary N) is 1. The van der Waals surface area contributed by atoms with Crippen LogP contribution in [0.5, 0.6) is 0 Å². The largest absolute Gasteiger partial charge is 0.319 e. The molecule has 1 saturated carbocycles. The maximum Gasteiger partial charge on any atom is 0.0547 e. The molecule has 0 saturated heterocycles. The van der Waals surface area contributed by atoms with E-state index in [2.05, 4.69) is 10.7 Å². The summed E-state index contributed by atoms with van der Waals surface area (Å²) in [6.07, 6.45) is 5.40. The summed E-state index contributed by atoms with van der Waals surface area (Å²) < 4.78 is 0. The molecule has 1 nitrogen and oxygen atoms in total. The minimum atomic E-state index is 0.693. The topological polar surface area (TPSA) is 12.0 Å². The average Bonchev–Trinajstić information content (AvgIpc) is 2.66. The lowest BCUT2D eigenvalue weighted by atomic mass is 9.78. The van der Waals surface area contributed by atoms with E-state index in [4.69, 9.17) is 11.6 Å². The Balaban J connectivity index is 2.14. The Hall–Kier alpha value is -0.0500. The van der Waals surface area contributed by atoms with Crippen molar-refractivity contribution in [3.63, 3.8) is 0 Å². The van der Waals surface area contributed by atoms with Crippen LogP contribution in [0.2, 0.25) is 5.02 Å². The SMILES string of the molecule is CNCC1CCCCC1c1sccc1Cl. The summed E-state index contributed by atoms with van der Waals surface area (Å²) in [5, 5.41) is 6.40. The lowest BCUT2D eigenvalue weighted by Gasteiger charge is -2.31. The van der Waals surface area contributed by atoms with E-state index in [0.29, 0.717) is 5.92 Å². The molecule has 2 rings (SSSR count). The first-order valence-corrected chi connectivity index (χ1v) is 6.96. The highest BCUT2D eigenvalue weighted by molar-refractivity contribution is 7.10. The minimum Gasteiger partial charge on any atom is -0.319 e. The second-order valence-electron chi connectivity index (χ2n) is 4.34. The quantitative estimate of drug-likeness (QED) is 0.849. The molecule has 0 aliphatic heterocycles. The van der Waals surface area contributed by atoms with E-state index >= 15 is 0 Å². The number of hydrogen-bond donors (Lipinski definition) is 1. The van der Waals surface area contributed by atoms with Crippen molar-refractivity contribution in [1.82, 2.24) is 5.32 Å². The molecule has 0 aromatic carbocycles. The fourth-order valence-electron chi connectivity index (χ4n) is 2.63. The van der Waals surface area contributed by atoms with E-state index in [1.165, 1.54) is 30.6 Å². The third kappa shape index (κ3) is 2.55. The van der Waals surface area contributed by atoms with Gasteiger partial charge in [0.25, 0.3) is 0 Å². The fourth-order valence-corrected chi connectivity index (χ4v) is 4.06. The monoisotopic (exact) mass is 243 g/mol. The van der Waals surface area contributed by atoms with Gasteiger partial charge in [-0.25, -0.2) is 0 Å². The van der Waals surface area contributed by atoms with Gasteiger partial charge in [0.1, 0.15) is 0 Å². The molecule has 1 aromatic rings. The predicted molar refractivity (Wildman–Crippen MR) is 68.0 cm³/mol. The van der Waals surface area contributed by atoms with Crippen LogP contribution < -0.4 is 5.32 Å². The molecule has 15 heavy (non-hydrogen) atoms. The zero-order valence-corrected chi connectivity index (χ0v) is 10.7. The zero-order chi connectivity index (χ0) is 10.7. The van der Waals surface area contributed by atoms with Crippen molar-refractivity contribution in [3.8, 4) is 0 Å². The lowest BCUT2D eigenvalue weighted by Crippen LogP contribution is -2.27. The Morgan fingerprint density at radius 2 is 2.27 bits per heavy atom. The van der Waals surface area contributed by atoms with Gasteiger partial charge in [-0.05, 0) is 49.7 Å². The molecule has 1 aliphatic rings. The summed E-state index contributed by atoms with van der Waals surface area (Å²) >= 11 is 8.05. The molecule has 1 aromatic heterocycles. The van der Waals surface area contributed by atoms with E-state index < -0.39 is 0 Å². The number of thiophene rings is 1. The normalized spacial score (nSPS) is 26.8. The van der Waals surface area contributed by atoms with Gasteiger partial charge in [0.2, 0.25) is 0 Å². The summed E-state index contributed by atoms with van der Waals surface area (Å²) in [4.78, 5) is 1.41. The molecule has 84 valence electrons. The molecule has 1 aliphatic carbocycles. The Bertz CT molecular complexity index is 308. The van der Waals surface area contributed by atoms with Gasteiger partial charge in [-0.2, -0.15) is 0 Å². The second-order valence-corrected chi connectivity index (χ2v) is 5.70. The second kappa shape index (κ2) is 5.33. The first-order valence-electron chi connectivity index (χ1n) is 5.70. The van der Waals surface area contributed by atoms with Crippen molar-refractivity contribution < 1.29 is 0 Å². The van der Waals surface area contributed by atoms with Crippen LogP contribution >= 0.6 is 22.9 Å². The summed E-state index contributed by atoms with van der Waals surface area (Å²) in [7, 11) is 2.04. The summed E-state index contributed by atoms with van der Waals surface area (Å²) in [5.41, 5.74) is 0. The number of rotatable bonds is 3. The molecule has 0 radical (unpaired) electrons. The molecular formula is C12H18ClNS. The fraction of sp³-hybridized carbons (Fsp3) is 0.667. The van der Waals surface area contributed by atoms with Crippen LogP contribution in [0.1, 0.15) is 36.5 Å². The van der Waals surface area contributed by atoms with Gasteiger partial charge in [0.15, 0.2) is 0 Å². The molecule has 2 unspecified atom stereocenters. The van der Waals surface area contributed by atoms with Crippen molar-refractivity contribution in [3.05, 3.63) is 21.3 Å². The van der Waals surface area contributed by atoms with E-state index in [1.807, 2.05) is 24.5 Å². The number of halogens is 1. The molecule has 0 amide bonds. The van der Waals surface area contributed by atoms with Crippen molar-refractivity contribution in [2.24, 2.45) is 5.92 Å². The third-order valence-corrected chi connectivity index (χ3v) is 4.85. The first kappa shape index (κ1) is 11.4. The van der Waals surface area contributed by atoms with Crippen molar-refractivity contribution in [1.29, 1.82) is 0 Å². The van der Waals surface area contributed by atoms with Crippen molar-refractivity contribution in [2.75, 3.05) is 13.6 Å². The summed E-state index contributed by atoms with van der Waals surface area (Å²) in [6.45, 7) is 1.12. The van der Waals surface area contributed by atoms with Crippen LogP contribution in [0, 0.1) is 5.92 Å². The van der Waals surface area contributed by atoms with Gasteiger partial charge in [-0.1, -0.05) is 24.4 Å². The molecule has 2 atom stereocenters. The third-order valence-electron chi connectivity index (χ3n) is 3.36. The van der Waals surface area contributed by atoms with E-state index in [9.17, 15) is 0 Å². The van der Waals surface area contributed by atoms with Crippen molar-refractivity contribution >= 4 is 22.9 Å². The predicted octanol–water partition coefficient (Wildman–Crippen LogP) is 3.89. The minimum absolute atomic E-state index is 0.693. The molecule has 0 bridgehead atoms. The molecule has 1 fully saturated rings. The van der Waals surface area contributed by atoms with E-state index in [0.717, 1.165) is 17.5 Å². The highest BCUT2D eigenvalue weighted by Gasteiger charge is 2.28. The van der Waals surface area contributed by atoms with E-state index in [1.54, 1.807) is 0 Å². The van der Waals surface area contributed by atoms with Crippen LogP contribution in [0.15, 0.2) is 11.4 Å². The Kier molecular flexibility index (Phi) is 4.06. The standard InChI is InChI=1S/C12H18ClNS/c1-14-8-9-4-2-3-5-10(9)12-11(13)6-7-15-12/h6-7,9-10,14H,2-5,8H2,1H3. The summed E-state index contributed by atoms with van der Waals surface area (Å²) in [6, 6.07) is 2.03.